The van der Waals surface area contributed by atoms with E-state index in [1.807, 2.05) is 21.1 Å². The van der Waals surface area contributed by atoms with Gasteiger partial charge in [-0.2, -0.15) is 0 Å². The van der Waals surface area contributed by atoms with Gasteiger partial charge in [-0.3, -0.25) is 9.59 Å². The molecule has 0 aliphatic carbocycles. The fraction of sp³-hybridized carbons (Fsp3) is 0.742. The molecule has 564 valence electrons. The molecular weight excluding hydrogens is 1210 g/mol. The average Bonchev–Trinajstić information content (AvgIpc) is 1.40. The molecule has 0 saturated carbocycles. The predicted octanol–water partition coefficient (Wildman–Crippen LogP) is 25.3. The Labute approximate surface area is 606 Å². The highest BCUT2D eigenvalue weighted by Gasteiger charge is 2.22. The van der Waals surface area contributed by atoms with Crippen molar-refractivity contribution in [1.82, 2.24) is 0 Å². The van der Waals surface area contributed by atoms with Gasteiger partial charge in [0.25, 0.3) is 0 Å². The Bertz CT molecular complexity index is 2030. The van der Waals surface area contributed by atoms with Crippen molar-refractivity contribution in [2.75, 3.05) is 47.5 Å². The molecular formula is C89H155NO8. The Kier molecular flexibility index (Phi) is 75.0. The fourth-order valence-corrected chi connectivity index (χ4v) is 11.7. The number of allylic oxidation sites excluding steroid dienone is 20. The smallest absolute Gasteiger partial charge is 0.306 e. The number of quaternary nitrogens is 1. The van der Waals surface area contributed by atoms with Gasteiger partial charge in [0.2, 0.25) is 0 Å². The van der Waals surface area contributed by atoms with Gasteiger partial charge in [-0.1, -0.05) is 386 Å². The van der Waals surface area contributed by atoms with E-state index >= 15 is 0 Å². The Morgan fingerprint density at radius 3 is 0.867 bits per heavy atom. The lowest BCUT2D eigenvalue weighted by Gasteiger charge is -2.26. The van der Waals surface area contributed by atoms with Crippen molar-refractivity contribution in [3.8, 4) is 0 Å². The van der Waals surface area contributed by atoms with Crippen molar-refractivity contribution in [3.05, 3.63) is 122 Å². The van der Waals surface area contributed by atoms with Gasteiger partial charge in [0.1, 0.15) is 13.2 Å². The topological polar surface area (TPSA) is 111 Å². The highest BCUT2D eigenvalue weighted by atomic mass is 16.7. The molecule has 0 aliphatic heterocycles. The lowest BCUT2D eigenvalue weighted by Crippen LogP contribution is -2.44. The number of hydrogen-bond acceptors (Lipinski definition) is 8. The molecule has 0 bridgehead atoms. The molecule has 2 unspecified atom stereocenters. The van der Waals surface area contributed by atoms with Gasteiger partial charge >= 0.3 is 11.9 Å². The third-order valence-corrected chi connectivity index (χ3v) is 18.0. The summed E-state index contributed by atoms with van der Waals surface area (Å²) >= 11 is 0. The molecule has 0 rings (SSSR count). The van der Waals surface area contributed by atoms with Gasteiger partial charge in [0, 0.05) is 12.8 Å². The minimum atomic E-state index is -1.63. The van der Waals surface area contributed by atoms with Gasteiger partial charge < -0.3 is 33.3 Å². The maximum atomic E-state index is 13.0. The van der Waals surface area contributed by atoms with Gasteiger partial charge in [-0.15, -0.1) is 0 Å². The first-order chi connectivity index (χ1) is 48.1. The van der Waals surface area contributed by atoms with Crippen LogP contribution in [0.25, 0.3) is 0 Å². The molecule has 98 heavy (non-hydrogen) atoms. The number of aliphatic carboxylic acids is 1. The van der Waals surface area contributed by atoms with Crippen LogP contribution >= 0.6 is 0 Å². The Hall–Kier alpha value is -4.31. The number of carboxylic acids is 1. The molecule has 0 aromatic heterocycles. The van der Waals surface area contributed by atoms with Crippen LogP contribution in [0.4, 0.5) is 0 Å². The normalized spacial score (nSPS) is 13.3. The Morgan fingerprint density at radius 2 is 0.582 bits per heavy atom. The van der Waals surface area contributed by atoms with Gasteiger partial charge in [0.15, 0.2) is 12.4 Å². The second-order valence-corrected chi connectivity index (χ2v) is 28.7. The van der Waals surface area contributed by atoms with Crippen LogP contribution in [0.2, 0.25) is 0 Å². The lowest BCUT2D eigenvalue weighted by atomic mass is 10.0. The molecule has 9 nitrogen and oxygen atoms in total. The number of rotatable bonds is 76. The highest BCUT2D eigenvalue weighted by molar-refractivity contribution is 5.70. The summed E-state index contributed by atoms with van der Waals surface area (Å²) in [6.45, 7) is 4.67. The molecule has 0 aromatic rings. The molecule has 0 N–H and O–H groups in total. The quantitative estimate of drug-likeness (QED) is 0.0195. The number of esters is 2. The van der Waals surface area contributed by atoms with Crippen molar-refractivity contribution in [2.24, 2.45) is 0 Å². The summed E-state index contributed by atoms with van der Waals surface area (Å²) in [5.74, 6) is -2.28. The zero-order chi connectivity index (χ0) is 71.1. The first-order valence-corrected chi connectivity index (χ1v) is 41.2. The number of carbonyl (C=O) groups is 3. The van der Waals surface area contributed by atoms with Crippen LogP contribution in [0.5, 0.6) is 0 Å². The number of ether oxygens (including phenoxy) is 4. The van der Waals surface area contributed by atoms with E-state index in [1.54, 1.807) is 0 Å². The molecule has 0 spiro atoms. The van der Waals surface area contributed by atoms with Crippen LogP contribution in [-0.4, -0.2) is 82.3 Å². The summed E-state index contributed by atoms with van der Waals surface area (Å²) in [4.78, 5) is 37.6. The SMILES string of the molecule is CC/C=C\C/C=C\C/C=C\C/C=C\C/C=C\C/C=C\C/C=C\C/C=C\C/C=C\C/C=C\CCCCCCCCCCCCC(=O)OC(COC(=O)CCCCCCCCCCCCCCCCCCCCCCCCCCCCCCCCCC)COC(OCC[N+](C)(C)C)C(=O)[O-]. The number of carbonyl (C=O) groups excluding carboxylic acids is 3. The van der Waals surface area contributed by atoms with Crippen molar-refractivity contribution in [2.45, 2.75) is 379 Å². The molecule has 0 fully saturated rings. The van der Waals surface area contributed by atoms with E-state index in [9.17, 15) is 19.5 Å². The molecule has 2 atom stereocenters. The monoisotopic (exact) mass is 1370 g/mol. The van der Waals surface area contributed by atoms with Crippen LogP contribution in [0.3, 0.4) is 0 Å². The van der Waals surface area contributed by atoms with Gasteiger partial charge in [-0.05, 0) is 89.9 Å². The average molecular weight is 1370 g/mol. The van der Waals surface area contributed by atoms with E-state index in [4.69, 9.17) is 18.9 Å². The van der Waals surface area contributed by atoms with E-state index in [0.29, 0.717) is 23.9 Å². The number of hydrogen-bond donors (Lipinski definition) is 0. The maximum Gasteiger partial charge on any atom is 0.306 e. The first-order valence-electron chi connectivity index (χ1n) is 41.2. The number of carboxylic acid groups (broad SMARTS) is 1. The van der Waals surface area contributed by atoms with Gasteiger partial charge in [-0.25, -0.2) is 0 Å². The number of nitrogens with zero attached hydrogens (tertiary/aromatic N) is 1. The van der Waals surface area contributed by atoms with E-state index in [1.165, 1.54) is 225 Å². The van der Waals surface area contributed by atoms with Crippen LogP contribution in [0.1, 0.15) is 367 Å². The molecule has 0 aliphatic rings. The van der Waals surface area contributed by atoms with Crippen molar-refractivity contribution in [3.63, 3.8) is 0 Å². The summed E-state index contributed by atoms with van der Waals surface area (Å²) in [5, 5.41) is 11.9. The van der Waals surface area contributed by atoms with Crippen molar-refractivity contribution < 1.29 is 42.9 Å². The van der Waals surface area contributed by atoms with E-state index in [-0.39, 0.29) is 32.2 Å². The Morgan fingerprint density at radius 1 is 0.316 bits per heavy atom. The number of likely N-dealkylation sites (N-methyl/N-ethyl adjacent to an activating group) is 1. The lowest BCUT2D eigenvalue weighted by molar-refractivity contribution is -0.870. The maximum absolute atomic E-state index is 13.0. The van der Waals surface area contributed by atoms with E-state index in [0.717, 1.165) is 109 Å². The molecule has 0 aromatic carbocycles. The van der Waals surface area contributed by atoms with Crippen LogP contribution in [0, 0.1) is 0 Å². The fourth-order valence-electron chi connectivity index (χ4n) is 11.7. The minimum Gasteiger partial charge on any atom is -0.545 e. The van der Waals surface area contributed by atoms with Crippen LogP contribution < -0.4 is 5.11 Å². The third kappa shape index (κ3) is 79.0. The molecule has 0 radical (unpaired) electrons. The standard InChI is InChI=1S/C89H155NO8/c1-6-8-10-12-14-16-18-20-22-24-26-28-30-32-34-36-38-40-41-42-43-44-45-46-47-48-50-52-54-56-58-60-62-64-66-68-70-72-74-76-78-80-87(92)98-85(84-97-89(88(93)94)95-82-81-90(3,4)5)83-96-86(91)79-77-75-73-71-69-67-65-63-61-59-57-55-53-51-49-39-37-35-33-31-29-27-25-23-21-19-17-15-13-11-9-7-2/h8,10,14,16,20,22,26,28,32,34,38,40,42-43,45-46,48,50,54,56,85,89H,6-7,9,11-13,15,17-19,21,23-25,27,29-31,33,35-37,39,41,44,47,49,51-53,55,57-84H2,1-5H3/b10-8-,16-14-,22-20-,28-26-,34-32-,40-38-,43-42-,46-45-,50-48-,56-54-. The van der Waals surface area contributed by atoms with E-state index < -0.39 is 24.3 Å². The second-order valence-electron chi connectivity index (χ2n) is 28.7. The van der Waals surface area contributed by atoms with Crippen molar-refractivity contribution in [1.29, 1.82) is 0 Å². The predicted molar refractivity (Wildman–Crippen MR) is 421 cm³/mol. The minimum absolute atomic E-state index is 0.144. The Balaban J connectivity index is 4.06. The summed E-state index contributed by atoms with van der Waals surface area (Å²) in [7, 11) is 5.94. The van der Waals surface area contributed by atoms with Crippen molar-refractivity contribution >= 4 is 17.9 Å². The zero-order valence-electron chi connectivity index (χ0n) is 64.6. The molecule has 0 saturated heterocycles. The molecule has 9 heteroatoms. The molecule has 0 heterocycles. The zero-order valence-corrected chi connectivity index (χ0v) is 64.6. The molecule has 0 amide bonds. The van der Waals surface area contributed by atoms with Crippen LogP contribution in [0.15, 0.2) is 122 Å². The summed E-state index contributed by atoms with van der Waals surface area (Å²) in [5.41, 5.74) is 0. The highest BCUT2D eigenvalue weighted by Crippen LogP contribution is 2.19. The summed E-state index contributed by atoms with van der Waals surface area (Å²) < 4.78 is 22.9. The summed E-state index contributed by atoms with van der Waals surface area (Å²) in [6, 6.07) is 0. The second kappa shape index (κ2) is 78.4. The number of unbranched alkanes of at least 4 members (excludes halogenated alkanes) is 41. The first kappa shape index (κ1) is 93.7. The van der Waals surface area contributed by atoms with E-state index in [2.05, 4.69) is 135 Å². The third-order valence-electron chi connectivity index (χ3n) is 18.0. The van der Waals surface area contributed by atoms with Gasteiger partial charge in [0.05, 0.1) is 40.3 Å². The largest absolute Gasteiger partial charge is 0.545 e. The van der Waals surface area contributed by atoms with Crippen LogP contribution in [-0.2, 0) is 33.3 Å². The summed E-state index contributed by atoms with van der Waals surface area (Å²) in [6.07, 6.45) is 109.